The van der Waals surface area contributed by atoms with Gasteiger partial charge in [0.15, 0.2) is 11.5 Å². The van der Waals surface area contributed by atoms with Crippen LogP contribution in [0, 0.1) is 18.6 Å². The van der Waals surface area contributed by atoms with Crippen LogP contribution < -0.4 is 9.46 Å². The smallest absolute Gasteiger partial charge is 0.264 e. The third-order valence-electron chi connectivity index (χ3n) is 6.80. The number of nitrogens with one attached hydrogen (secondary N) is 2. The van der Waals surface area contributed by atoms with Gasteiger partial charge in [-0.3, -0.25) is 9.82 Å². The average molecular weight is 557 g/mol. The van der Waals surface area contributed by atoms with Gasteiger partial charge in [0.25, 0.3) is 10.0 Å². The number of hydrogen-bond donors (Lipinski definition) is 2. The summed E-state index contributed by atoms with van der Waals surface area (Å²) in [6, 6.07) is 7.79. The van der Waals surface area contributed by atoms with Crippen LogP contribution in [0.5, 0.6) is 5.88 Å². The van der Waals surface area contributed by atoms with Gasteiger partial charge in [-0.1, -0.05) is 19.4 Å². The molecule has 0 saturated carbocycles. The van der Waals surface area contributed by atoms with Gasteiger partial charge in [0.05, 0.1) is 5.69 Å². The first-order chi connectivity index (χ1) is 18.6. The van der Waals surface area contributed by atoms with Gasteiger partial charge in [0, 0.05) is 24.3 Å². The van der Waals surface area contributed by atoms with Gasteiger partial charge in [-0.15, -0.1) is 0 Å². The predicted molar refractivity (Wildman–Crippen MR) is 144 cm³/mol. The highest BCUT2D eigenvalue weighted by molar-refractivity contribution is 7.92. The Hall–Kier alpha value is -3.64. The molecule has 1 aliphatic heterocycles. The van der Waals surface area contributed by atoms with Crippen LogP contribution in [-0.2, 0) is 16.4 Å². The molecule has 0 amide bonds. The quantitative estimate of drug-likeness (QED) is 0.320. The van der Waals surface area contributed by atoms with Crippen LogP contribution in [-0.4, -0.2) is 59.7 Å². The molecule has 206 valence electrons. The second kappa shape index (κ2) is 10.9. The van der Waals surface area contributed by atoms with E-state index in [1.165, 1.54) is 24.3 Å². The summed E-state index contributed by atoms with van der Waals surface area (Å²) < 4.78 is 63.8. The van der Waals surface area contributed by atoms with Crippen molar-refractivity contribution in [3.05, 3.63) is 59.3 Å². The lowest BCUT2D eigenvalue weighted by molar-refractivity contribution is 0.111. The lowest BCUT2D eigenvalue weighted by Crippen LogP contribution is -2.35. The van der Waals surface area contributed by atoms with Crippen molar-refractivity contribution in [3.8, 4) is 17.3 Å². The number of benzene rings is 2. The molecule has 1 aliphatic rings. The third-order valence-corrected chi connectivity index (χ3v) is 8.18. The first kappa shape index (κ1) is 26.9. The number of H-pyrrole nitrogens is 1. The van der Waals surface area contributed by atoms with E-state index in [2.05, 4.69) is 36.8 Å². The van der Waals surface area contributed by atoms with Crippen molar-refractivity contribution in [1.29, 1.82) is 0 Å². The number of piperidine rings is 1. The fraction of sp³-hybridized carbons (Fsp3) is 0.370. The highest BCUT2D eigenvalue weighted by Crippen LogP contribution is 2.31. The molecule has 1 saturated heterocycles. The number of aryl methyl sites for hydroxylation is 2. The zero-order valence-corrected chi connectivity index (χ0v) is 22.8. The molecule has 2 aromatic carbocycles. The van der Waals surface area contributed by atoms with Gasteiger partial charge in [-0.25, -0.2) is 22.2 Å². The number of hydrogen-bond acceptors (Lipinski definition) is 7. The first-order valence-corrected chi connectivity index (χ1v) is 14.3. The molecule has 0 unspecified atom stereocenters. The molecule has 39 heavy (non-hydrogen) atoms. The number of ether oxygens (including phenoxy) is 1. The number of rotatable bonds is 8. The topological polar surface area (TPSA) is 113 Å². The number of sulfonamides is 1. The van der Waals surface area contributed by atoms with Crippen molar-refractivity contribution in [3.63, 3.8) is 0 Å². The monoisotopic (exact) mass is 556 g/mol. The van der Waals surface area contributed by atoms with Crippen molar-refractivity contribution >= 4 is 26.7 Å². The summed E-state index contributed by atoms with van der Waals surface area (Å²) in [5, 5.41) is 7.79. The van der Waals surface area contributed by atoms with Gasteiger partial charge in [-0.2, -0.15) is 10.1 Å². The lowest BCUT2D eigenvalue weighted by atomic mass is 10.1. The minimum Gasteiger partial charge on any atom is -0.474 e. The Kier molecular flexibility index (Phi) is 7.50. The number of aromatic amines is 1. The van der Waals surface area contributed by atoms with Gasteiger partial charge in [0.1, 0.15) is 28.0 Å². The Morgan fingerprint density at radius 2 is 1.87 bits per heavy atom. The van der Waals surface area contributed by atoms with Gasteiger partial charge >= 0.3 is 0 Å². The van der Waals surface area contributed by atoms with Gasteiger partial charge < -0.3 is 9.64 Å². The van der Waals surface area contributed by atoms with Crippen LogP contribution in [0.3, 0.4) is 0 Å². The Bertz CT molecular complexity index is 1620. The number of anilines is 1. The van der Waals surface area contributed by atoms with Crippen molar-refractivity contribution in [2.75, 3.05) is 24.9 Å². The number of halogens is 2. The Morgan fingerprint density at radius 3 is 2.59 bits per heavy atom. The van der Waals surface area contributed by atoms with Crippen molar-refractivity contribution in [2.24, 2.45) is 0 Å². The van der Waals surface area contributed by atoms with Crippen molar-refractivity contribution in [2.45, 2.75) is 50.5 Å². The van der Waals surface area contributed by atoms with Crippen molar-refractivity contribution < 1.29 is 21.9 Å². The molecule has 0 aliphatic carbocycles. The summed E-state index contributed by atoms with van der Waals surface area (Å²) in [6.07, 6.45) is 3.03. The summed E-state index contributed by atoms with van der Waals surface area (Å²) in [5.41, 5.74) is 1.80. The van der Waals surface area contributed by atoms with Crippen LogP contribution >= 0.6 is 0 Å². The first-order valence-electron chi connectivity index (χ1n) is 12.8. The summed E-state index contributed by atoms with van der Waals surface area (Å²) in [7, 11) is -2.31. The van der Waals surface area contributed by atoms with Crippen molar-refractivity contribution in [1.82, 2.24) is 25.1 Å². The molecule has 2 aromatic heterocycles. The summed E-state index contributed by atoms with van der Waals surface area (Å²) >= 11 is 0. The summed E-state index contributed by atoms with van der Waals surface area (Å²) in [6.45, 7) is 5.60. The molecule has 4 aromatic rings. The maximum Gasteiger partial charge on any atom is 0.264 e. The van der Waals surface area contributed by atoms with E-state index >= 15 is 4.39 Å². The lowest BCUT2D eigenvalue weighted by Gasteiger charge is -2.29. The molecule has 0 radical (unpaired) electrons. The summed E-state index contributed by atoms with van der Waals surface area (Å²) in [5.74, 6) is -1.22. The van der Waals surface area contributed by atoms with Crippen LogP contribution in [0.1, 0.15) is 37.4 Å². The number of nitrogens with zero attached hydrogens (tertiary/aromatic N) is 4. The van der Waals surface area contributed by atoms with Crippen LogP contribution in [0.4, 0.5) is 14.5 Å². The van der Waals surface area contributed by atoms with E-state index in [0.29, 0.717) is 34.5 Å². The van der Waals surface area contributed by atoms with E-state index in [-0.39, 0.29) is 17.6 Å². The van der Waals surface area contributed by atoms with Crippen LogP contribution in [0.25, 0.3) is 22.4 Å². The normalized spacial score (nSPS) is 15.1. The number of fused-ring (bicyclic) bond motifs is 1. The van der Waals surface area contributed by atoms with E-state index < -0.39 is 26.6 Å². The van der Waals surface area contributed by atoms with E-state index in [1.54, 1.807) is 0 Å². The maximum atomic E-state index is 15.2. The van der Waals surface area contributed by atoms with Gasteiger partial charge in [-0.05, 0) is 69.1 Å². The molecular weight excluding hydrogens is 526 g/mol. The zero-order valence-electron chi connectivity index (χ0n) is 22.0. The standard InChI is InChI=1S/C27H30F2N6O3S/c1-4-5-17-6-8-20(28)23(14-17)39(36,37)34-22-9-7-18(15-21(22)29)25-30-26-24(16(2)32-33-26)27(31-25)38-19-10-12-35(3)13-11-19/h6-9,14-15,19,34H,4-5,10-13H2,1-3H3,(H,30,31,32,33). The third kappa shape index (κ3) is 5.71. The minimum absolute atomic E-state index is 0.0220. The molecule has 2 N–H and O–H groups in total. The van der Waals surface area contributed by atoms with E-state index in [9.17, 15) is 12.8 Å². The largest absolute Gasteiger partial charge is 0.474 e. The van der Waals surface area contributed by atoms with Crippen LogP contribution in [0.15, 0.2) is 41.3 Å². The molecule has 0 spiro atoms. The Balaban J connectivity index is 1.44. The molecule has 1 fully saturated rings. The van der Waals surface area contributed by atoms with E-state index in [4.69, 9.17) is 4.74 Å². The highest BCUT2D eigenvalue weighted by Gasteiger charge is 2.24. The van der Waals surface area contributed by atoms with Gasteiger partial charge in [0.2, 0.25) is 5.88 Å². The van der Waals surface area contributed by atoms with E-state index in [1.807, 2.05) is 13.8 Å². The second-order valence-corrected chi connectivity index (χ2v) is 11.5. The second-order valence-electron chi connectivity index (χ2n) is 9.83. The highest BCUT2D eigenvalue weighted by atomic mass is 32.2. The SMILES string of the molecule is CCCc1ccc(F)c(S(=O)(=O)Nc2ccc(-c3nc(OC4CCN(C)CC4)c4c(C)[nH]nc4n3)cc2F)c1. The fourth-order valence-electron chi connectivity index (χ4n) is 4.64. The fourth-order valence-corrected chi connectivity index (χ4v) is 5.84. The Labute approximate surface area is 225 Å². The maximum absolute atomic E-state index is 15.2. The molecule has 0 bridgehead atoms. The molecule has 5 rings (SSSR count). The van der Waals surface area contributed by atoms with Crippen LogP contribution in [0.2, 0.25) is 0 Å². The Morgan fingerprint density at radius 1 is 1.10 bits per heavy atom. The molecule has 9 nitrogen and oxygen atoms in total. The minimum atomic E-state index is -4.37. The number of likely N-dealkylation sites (tertiary alicyclic amines) is 1. The molecule has 12 heteroatoms. The average Bonchev–Trinajstić information content (AvgIpc) is 3.28. The van der Waals surface area contributed by atoms with E-state index in [0.717, 1.165) is 50.2 Å². The molecular formula is C27H30F2N6O3S. The summed E-state index contributed by atoms with van der Waals surface area (Å²) in [4.78, 5) is 10.8. The number of aromatic nitrogens is 4. The molecule has 3 heterocycles. The predicted octanol–water partition coefficient (Wildman–Crippen LogP) is 4.83. The zero-order chi connectivity index (χ0) is 27.7. The molecule has 0 atom stereocenters.